The Bertz CT molecular complexity index is 1040. The van der Waals surface area contributed by atoms with Gasteiger partial charge in [-0.2, -0.15) is 5.10 Å². The SMILES string of the molecule is O=C(NC1CCN(Cn2ncc3cc([N+](=O)[O-])ccc32)CC1)c1ccc(F)cc1. The zero-order chi connectivity index (χ0) is 20.4. The van der Waals surface area contributed by atoms with Crippen LogP contribution in [0.1, 0.15) is 23.2 Å². The Morgan fingerprint density at radius 3 is 2.62 bits per heavy atom. The Balaban J connectivity index is 1.33. The summed E-state index contributed by atoms with van der Waals surface area (Å²) in [6, 6.07) is 10.3. The maximum atomic E-state index is 13.0. The van der Waals surface area contributed by atoms with E-state index in [0.29, 0.717) is 12.2 Å². The second-order valence-electron chi connectivity index (χ2n) is 7.16. The summed E-state index contributed by atoms with van der Waals surface area (Å²) in [5.74, 6) is -0.557. The first-order valence-electron chi connectivity index (χ1n) is 9.38. The van der Waals surface area contributed by atoms with E-state index in [1.54, 1.807) is 12.3 Å². The highest BCUT2D eigenvalue weighted by Crippen LogP contribution is 2.21. The van der Waals surface area contributed by atoms with Crippen LogP contribution in [0.3, 0.4) is 0 Å². The summed E-state index contributed by atoms with van der Waals surface area (Å²) in [6.45, 7) is 2.17. The summed E-state index contributed by atoms with van der Waals surface area (Å²) in [7, 11) is 0. The Kier molecular flexibility index (Phi) is 5.22. The number of halogens is 1. The molecule has 29 heavy (non-hydrogen) atoms. The molecule has 1 aromatic heterocycles. The number of hydrogen-bond donors (Lipinski definition) is 1. The van der Waals surface area contributed by atoms with Crippen molar-refractivity contribution in [3.05, 3.63) is 70.2 Å². The monoisotopic (exact) mass is 397 g/mol. The lowest BCUT2D eigenvalue weighted by molar-refractivity contribution is -0.384. The maximum absolute atomic E-state index is 13.0. The van der Waals surface area contributed by atoms with Gasteiger partial charge >= 0.3 is 0 Å². The van der Waals surface area contributed by atoms with Crippen molar-refractivity contribution in [1.82, 2.24) is 20.0 Å². The van der Waals surface area contributed by atoms with Crippen LogP contribution in [-0.4, -0.2) is 44.6 Å². The minimum Gasteiger partial charge on any atom is -0.349 e. The largest absolute Gasteiger partial charge is 0.349 e. The van der Waals surface area contributed by atoms with Gasteiger partial charge in [0, 0.05) is 42.2 Å². The molecule has 8 nitrogen and oxygen atoms in total. The number of nitro groups is 1. The van der Waals surface area contributed by atoms with Crippen LogP contribution in [-0.2, 0) is 6.67 Å². The lowest BCUT2D eigenvalue weighted by Gasteiger charge is -2.32. The van der Waals surface area contributed by atoms with E-state index < -0.39 is 4.92 Å². The average molecular weight is 397 g/mol. The standard InChI is InChI=1S/C20H20FN5O3/c21-16-3-1-14(2-4-16)20(27)23-17-7-9-24(10-8-17)13-25-19-6-5-18(26(28)29)11-15(19)12-22-25/h1-6,11-12,17H,7-10,13H2,(H,23,27). The fourth-order valence-corrected chi connectivity index (χ4v) is 3.58. The van der Waals surface area contributed by atoms with Gasteiger partial charge in [-0.3, -0.25) is 24.5 Å². The van der Waals surface area contributed by atoms with Crippen LogP contribution >= 0.6 is 0 Å². The fourth-order valence-electron chi connectivity index (χ4n) is 3.58. The summed E-state index contributed by atoms with van der Waals surface area (Å²) in [4.78, 5) is 25.0. The first kappa shape index (κ1) is 19.0. The number of carbonyl (C=O) groups excluding carboxylic acids is 1. The summed E-state index contributed by atoms with van der Waals surface area (Å²) in [5.41, 5.74) is 1.35. The molecule has 2 aromatic carbocycles. The summed E-state index contributed by atoms with van der Waals surface area (Å²) in [6.07, 6.45) is 3.24. The van der Waals surface area contributed by atoms with Crippen molar-refractivity contribution >= 4 is 22.5 Å². The maximum Gasteiger partial charge on any atom is 0.270 e. The third-order valence-electron chi connectivity index (χ3n) is 5.20. The molecule has 0 unspecified atom stereocenters. The molecule has 3 aromatic rings. The zero-order valence-electron chi connectivity index (χ0n) is 15.6. The number of nitrogens with one attached hydrogen (secondary N) is 1. The van der Waals surface area contributed by atoms with E-state index in [2.05, 4.69) is 15.3 Å². The van der Waals surface area contributed by atoms with E-state index >= 15 is 0 Å². The van der Waals surface area contributed by atoms with Gasteiger partial charge in [-0.25, -0.2) is 4.39 Å². The van der Waals surface area contributed by atoms with E-state index in [0.717, 1.165) is 36.8 Å². The fraction of sp³-hybridized carbons (Fsp3) is 0.300. The van der Waals surface area contributed by atoms with E-state index in [1.165, 1.54) is 36.4 Å². The van der Waals surface area contributed by atoms with Crippen LogP contribution < -0.4 is 5.32 Å². The topological polar surface area (TPSA) is 93.3 Å². The molecule has 1 N–H and O–H groups in total. The van der Waals surface area contributed by atoms with Crippen LogP contribution in [0, 0.1) is 15.9 Å². The van der Waals surface area contributed by atoms with Gasteiger partial charge < -0.3 is 5.32 Å². The number of aromatic nitrogens is 2. The molecule has 0 saturated carbocycles. The molecular weight excluding hydrogens is 377 g/mol. The lowest BCUT2D eigenvalue weighted by atomic mass is 10.0. The van der Waals surface area contributed by atoms with Crippen LogP contribution in [0.25, 0.3) is 10.9 Å². The zero-order valence-corrected chi connectivity index (χ0v) is 15.6. The van der Waals surface area contributed by atoms with Crippen molar-refractivity contribution in [3.8, 4) is 0 Å². The Labute approximate surface area is 166 Å². The predicted molar refractivity (Wildman–Crippen MR) is 105 cm³/mol. The molecule has 4 rings (SSSR count). The molecule has 1 aliphatic heterocycles. The van der Waals surface area contributed by atoms with E-state index in [4.69, 9.17) is 0 Å². The van der Waals surface area contributed by atoms with Gasteiger partial charge in [-0.1, -0.05) is 0 Å². The van der Waals surface area contributed by atoms with Gasteiger partial charge in [0.2, 0.25) is 0 Å². The summed E-state index contributed by atoms with van der Waals surface area (Å²) >= 11 is 0. The second-order valence-corrected chi connectivity index (χ2v) is 7.16. The van der Waals surface area contributed by atoms with Gasteiger partial charge in [0.15, 0.2) is 0 Å². The average Bonchev–Trinajstić information content (AvgIpc) is 3.12. The second kappa shape index (κ2) is 7.96. The van der Waals surface area contributed by atoms with Crippen LogP contribution in [0.2, 0.25) is 0 Å². The van der Waals surface area contributed by atoms with Crippen molar-refractivity contribution in [3.63, 3.8) is 0 Å². The number of piperidine rings is 1. The van der Waals surface area contributed by atoms with Crippen LogP contribution in [0.5, 0.6) is 0 Å². The first-order chi connectivity index (χ1) is 14.0. The van der Waals surface area contributed by atoms with Crippen molar-refractivity contribution in [2.75, 3.05) is 13.1 Å². The van der Waals surface area contributed by atoms with Crippen molar-refractivity contribution < 1.29 is 14.1 Å². The minimum absolute atomic E-state index is 0.0507. The Morgan fingerprint density at radius 1 is 1.21 bits per heavy atom. The van der Waals surface area contributed by atoms with E-state index in [-0.39, 0.29) is 23.5 Å². The third-order valence-corrected chi connectivity index (χ3v) is 5.20. The summed E-state index contributed by atoms with van der Waals surface area (Å²) in [5, 5.41) is 19.0. The molecule has 0 atom stereocenters. The number of carbonyl (C=O) groups is 1. The Morgan fingerprint density at radius 2 is 1.93 bits per heavy atom. The van der Waals surface area contributed by atoms with Crippen molar-refractivity contribution in [1.29, 1.82) is 0 Å². The van der Waals surface area contributed by atoms with Gasteiger partial charge in [-0.15, -0.1) is 0 Å². The number of nitro benzene ring substituents is 1. The van der Waals surface area contributed by atoms with E-state index in [1.807, 2.05) is 4.68 Å². The van der Waals surface area contributed by atoms with Gasteiger partial charge in [0.25, 0.3) is 11.6 Å². The van der Waals surface area contributed by atoms with Gasteiger partial charge in [0.05, 0.1) is 23.3 Å². The number of nitrogens with zero attached hydrogens (tertiary/aromatic N) is 4. The number of likely N-dealkylation sites (tertiary alicyclic amines) is 1. The number of non-ortho nitro benzene ring substituents is 1. The third kappa shape index (κ3) is 4.24. The normalized spacial score (nSPS) is 15.5. The van der Waals surface area contributed by atoms with Gasteiger partial charge in [-0.05, 0) is 43.2 Å². The molecule has 1 saturated heterocycles. The molecule has 1 fully saturated rings. The Hall–Kier alpha value is -3.33. The quantitative estimate of drug-likeness (QED) is 0.528. The highest BCUT2D eigenvalue weighted by atomic mass is 19.1. The summed E-state index contributed by atoms with van der Waals surface area (Å²) < 4.78 is 14.8. The molecule has 0 bridgehead atoms. The van der Waals surface area contributed by atoms with Crippen molar-refractivity contribution in [2.24, 2.45) is 0 Å². The van der Waals surface area contributed by atoms with Crippen LogP contribution in [0.4, 0.5) is 10.1 Å². The highest BCUT2D eigenvalue weighted by Gasteiger charge is 2.22. The molecule has 0 aliphatic carbocycles. The number of fused-ring (bicyclic) bond motifs is 1. The number of benzene rings is 2. The number of rotatable bonds is 5. The smallest absolute Gasteiger partial charge is 0.270 e. The first-order valence-corrected chi connectivity index (χ1v) is 9.38. The molecule has 150 valence electrons. The molecule has 9 heteroatoms. The lowest BCUT2D eigenvalue weighted by Crippen LogP contribution is -2.45. The predicted octanol–water partition coefficient (Wildman–Crippen LogP) is 2.94. The number of amides is 1. The highest BCUT2D eigenvalue weighted by molar-refractivity contribution is 5.94. The molecule has 2 heterocycles. The van der Waals surface area contributed by atoms with E-state index in [9.17, 15) is 19.3 Å². The molecule has 1 aliphatic rings. The molecule has 1 amide bonds. The molecule has 0 spiro atoms. The molecule has 0 radical (unpaired) electrons. The van der Waals surface area contributed by atoms with Crippen molar-refractivity contribution in [2.45, 2.75) is 25.6 Å². The molecular formula is C20H20FN5O3. The van der Waals surface area contributed by atoms with Gasteiger partial charge in [0.1, 0.15) is 5.82 Å². The minimum atomic E-state index is -0.415. The van der Waals surface area contributed by atoms with Crippen LogP contribution in [0.15, 0.2) is 48.7 Å². The number of hydrogen-bond acceptors (Lipinski definition) is 5.